The van der Waals surface area contributed by atoms with Crippen molar-refractivity contribution >= 4 is 17.7 Å². The van der Waals surface area contributed by atoms with Crippen molar-refractivity contribution in [2.75, 3.05) is 32.8 Å². The lowest BCUT2D eigenvalue weighted by Gasteiger charge is -2.37. The third kappa shape index (κ3) is 6.06. The molecule has 3 aliphatic heterocycles. The highest BCUT2D eigenvalue weighted by Crippen LogP contribution is 2.63. The second kappa shape index (κ2) is 14.0. The van der Waals surface area contributed by atoms with Gasteiger partial charge in [0.2, 0.25) is 17.7 Å². The molecule has 1 N–H and O–H groups in total. The number of rotatable bonds is 17. The van der Waals surface area contributed by atoms with Gasteiger partial charge in [-0.3, -0.25) is 14.4 Å². The Labute approximate surface area is 251 Å². The van der Waals surface area contributed by atoms with Crippen LogP contribution in [0.3, 0.4) is 0 Å². The van der Waals surface area contributed by atoms with E-state index in [2.05, 4.69) is 20.1 Å². The van der Waals surface area contributed by atoms with Gasteiger partial charge in [0, 0.05) is 39.3 Å². The molecule has 1 spiro atoms. The first-order valence-corrected chi connectivity index (χ1v) is 15.7. The quantitative estimate of drug-likeness (QED) is 0.219. The lowest BCUT2D eigenvalue weighted by atomic mass is 9.66. The van der Waals surface area contributed by atoms with Crippen LogP contribution in [-0.4, -0.2) is 87.6 Å². The number of benzene rings is 1. The van der Waals surface area contributed by atoms with E-state index >= 15 is 0 Å². The monoisotopic (exact) mass is 579 g/mol. The average molecular weight is 580 g/mol. The molecular weight excluding hydrogens is 530 g/mol. The Morgan fingerprint density at radius 1 is 1.02 bits per heavy atom. The summed E-state index contributed by atoms with van der Waals surface area (Å²) in [7, 11) is 0. The van der Waals surface area contributed by atoms with Crippen LogP contribution < -0.4 is 0 Å². The number of nitrogens with zero attached hydrogens (tertiary/aromatic N) is 3. The molecule has 0 aliphatic carbocycles. The van der Waals surface area contributed by atoms with Gasteiger partial charge in [0.05, 0.1) is 17.4 Å². The summed E-state index contributed by atoms with van der Waals surface area (Å²) in [5.41, 5.74) is -0.877. The van der Waals surface area contributed by atoms with Crippen molar-refractivity contribution < 1.29 is 24.2 Å². The standard InChI is InChI=1S/C34H49N3O5/c1-5-8-13-22-35(20-6-2)32(41)29-34-19-18-33(4,42-34)27(28(34)31(40)37(29)23-14-10-15-24-38)30(39)36(21-7-3)25-26-16-11-9-12-17-26/h6-7,9,11-12,16-17,27-29,38H,2-3,5,8,10,13-15,18-25H2,1,4H3/t27-,28+,29?,33+,34?/m1/s1. The molecule has 0 saturated carbocycles. The number of aliphatic hydroxyl groups excluding tert-OH is 1. The van der Waals surface area contributed by atoms with E-state index in [0.29, 0.717) is 58.4 Å². The first-order chi connectivity index (χ1) is 20.3. The van der Waals surface area contributed by atoms with Gasteiger partial charge in [-0.25, -0.2) is 0 Å². The van der Waals surface area contributed by atoms with E-state index in [1.165, 1.54) is 0 Å². The van der Waals surface area contributed by atoms with Crippen LogP contribution >= 0.6 is 0 Å². The minimum absolute atomic E-state index is 0.0893. The van der Waals surface area contributed by atoms with Gasteiger partial charge < -0.3 is 24.5 Å². The molecule has 2 bridgehead atoms. The van der Waals surface area contributed by atoms with Gasteiger partial charge in [-0.1, -0.05) is 62.2 Å². The van der Waals surface area contributed by atoms with Crippen LogP contribution in [0.15, 0.2) is 55.6 Å². The first kappa shape index (κ1) is 32.0. The number of carbonyl (C=O) groups excluding carboxylic acids is 3. The van der Waals surface area contributed by atoms with Crippen molar-refractivity contribution in [3.05, 3.63) is 61.2 Å². The second-order valence-corrected chi connectivity index (χ2v) is 12.3. The summed E-state index contributed by atoms with van der Waals surface area (Å²) in [6, 6.07) is 9.03. The molecule has 3 fully saturated rings. The molecule has 8 heteroatoms. The maximum absolute atomic E-state index is 14.4. The highest BCUT2D eigenvalue weighted by molar-refractivity contribution is 5.99. The van der Waals surface area contributed by atoms with Gasteiger partial charge in [-0.15, -0.1) is 13.2 Å². The number of fused-ring (bicyclic) bond motifs is 1. The van der Waals surface area contributed by atoms with E-state index in [0.717, 1.165) is 31.2 Å². The Balaban J connectivity index is 1.70. The molecule has 3 aliphatic rings. The number of ether oxygens (including phenoxy) is 1. The normalized spacial score (nSPS) is 27.6. The summed E-state index contributed by atoms with van der Waals surface area (Å²) < 4.78 is 6.85. The summed E-state index contributed by atoms with van der Waals surface area (Å²) in [6.07, 6.45) is 9.60. The number of unbranched alkanes of at least 4 members (excludes halogenated alkanes) is 4. The summed E-state index contributed by atoms with van der Waals surface area (Å²) in [5.74, 6) is -1.81. The summed E-state index contributed by atoms with van der Waals surface area (Å²) in [5, 5.41) is 9.31. The molecule has 3 heterocycles. The average Bonchev–Trinajstić information content (AvgIpc) is 3.55. The maximum atomic E-state index is 14.4. The van der Waals surface area contributed by atoms with E-state index in [9.17, 15) is 19.5 Å². The van der Waals surface area contributed by atoms with Crippen LogP contribution in [0, 0.1) is 11.8 Å². The summed E-state index contributed by atoms with van der Waals surface area (Å²) >= 11 is 0. The Kier molecular flexibility index (Phi) is 10.7. The van der Waals surface area contributed by atoms with Crippen LogP contribution in [0.5, 0.6) is 0 Å². The van der Waals surface area contributed by atoms with Crippen LogP contribution in [-0.2, 0) is 25.7 Å². The predicted molar refractivity (Wildman–Crippen MR) is 163 cm³/mol. The molecule has 1 aromatic carbocycles. The molecule has 4 rings (SSSR count). The Morgan fingerprint density at radius 2 is 1.74 bits per heavy atom. The minimum Gasteiger partial charge on any atom is -0.396 e. The highest BCUT2D eigenvalue weighted by Gasteiger charge is 2.78. The zero-order chi connectivity index (χ0) is 30.3. The number of carbonyl (C=O) groups is 3. The van der Waals surface area contributed by atoms with Gasteiger partial charge >= 0.3 is 0 Å². The number of amides is 3. The van der Waals surface area contributed by atoms with E-state index in [4.69, 9.17) is 4.74 Å². The first-order valence-electron chi connectivity index (χ1n) is 15.7. The number of hydrogen-bond donors (Lipinski definition) is 1. The van der Waals surface area contributed by atoms with E-state index in [1.54, 1.807) is 22.0 Å². The molecule has 8 nitrogen and oxygen atoms in total. The summed E-state index contributed by atoms with van der Waals surface area (Å²) in [6.45, 7) is 14.1. The lowest BCUT2D eigenvalue weighted by molar-refractivity contribution is -0.153. The molecule has 3 amide bonds. The van der Waals surface area contributed by atoms with Gasteiger partial charge in [0.1, 0.15) is 11.6 Å². The smallest absolute Gasteiger partial charge is 0.248 e. The van der Waals surface area contributed by atoms with Crippen molar-refractivity contribution in [2.24, 2.45) is 11.8 Å². The predicted octanol–water partition coefficient (Wildman–Crippen LogP) is 4.33. The van der Waals surface area contributed by atoms with Gasteiger partial charge in [-0.05, 0) is 51.0 Å². The van der Waals surface area contributed by atoms with Crippen molar-refractivity contribution in [2.45, 2.75) is 89.0 Å². The number of likely N-dealkylation sites (tertiary alicyclic amines) is 1. The number of aliphatic hydroxyl groups is 1. The number of hydrogen-bond acceptors (Lipinski definition) is 5. The van der Waals surface area contributed by atoms with E-state index in [1.807, 2.05) is 42.2 Å². The van der Waals surface area contributed by atoms with Crippen molar-refractivity contribution in [1.29, 1.82) is 0 Å². The van der Waals surface area contributed by atoms with Crippen molar-refractivity contribution in [3.8, 4) is 0 Å². The Hall–Kier alpha value is -2.97. The molecule has 42 heavy (non-hydrogen) atoms. The van der Waals surface area contributed by atoms with E-state index in [-0.39, 0.29) is 24.3 Å². The topological polar surface area (TPSA) is 90.4 Å². The maximum Gasteiger partial charge on any atom is 0.248 e. The fourth-order valence-corrected chi connectivity index (χ4v) is 7.45. The van der Waals surface area contributed by atoms with Crippen LogP contribution in [0.1, 0.15) is 70.8 Å². The zero-order valence-corrected chi connectivity index (χ0v) is 25.5. The van der Waals surface area contributed by atoms with Gasteiger partial charge in [0.25, 0.3) is 0 Å². The third-order valence-electron chi connectivity index (χ3n) is 9.40. The molecule has 2 unspecified atom stereocenters. The molecule has 0 aromatic heterocycles. The molecule has 5 atom stereocenters. The Bertz CT molecular complexity index is 1130. The summed E-state index contributed by atoms with van der Waals surface area (Å²) in [4.78, 5) is 48.5. The lowest BCUT2D eigenvalue weighted by Crippen LogP contribution is -2.56. The minimum atomic E-state index is -1.04. The fourth-order valence-electron chi connectivity index (χ4n) is 7.45. The molecule has 3 saturated heterocycles. The molecular formula is C34H49N3O5. The third-order valence-corrected chi connectivity index (χ3v) is 9.40. The van der Waals surface area contributed by atoms with Crippen molar-refractivity contribution in [1.82, 2.24) is 14.7 Å². The molecule has 0 radical (unpaired) electrons. The van der Waals surface area contributed by atoms with Crippen LogP contribution in [0.2, 0.25) is 0 Å². The largest absolute Gasteiger partial charge is 0.396 e. The van der Waals surface area contributed by atoms with Crippen LogP contribution in [0.25, 0.3) is 0 Å². The van der Waals surface area contributed by atoms with E-state index < -0.39 is 29.1 Å². The fraction of sp³-hybridized carbons (Fsp3) is 0.618. The van der Waals surface area contributed by atoms with Crippen LogP contribution in [0.4, 0.5) is 0 Å². The molecule has 1 aromatic rings. The SMILES string of the molecule is C=CCN(CCCCC)C(=O)C1N(CCCCCO)C(=O)[C@@H]2[C@H](C(=O)N(CC=C)Cc3ccccc3)[C@]3(C)CCC12O3. The van der Waals surface area contributed by atoms with Gasteiger partial charge in [0.15, 0.2) is 0 Å². The second-order valence-electron chi connectivity index (χ2n) is 12.3. The molecule has 230 valence electrons. The van der Waals surface area contributed by atoms with Crippen molar-refractivity contribution in [3.63, 3.8) is 0 Å². The highest BCUT2D eigenvalue weighted by atomic mass is 16.5. The zero-order valence-electron chi connectivity index (χ0n) is 25.5. The van der Waals surface area contributed by atoms with Gasteiger partial charge in [-0.2, -0.15) is 0 Å². The Morgan fingerprint density at radius 3 is 2.40 bits per heavy atom.